The molecule has 2 aromatic carbocycles. The molecule has 166 valence electrons. The van der Waals surface area contributed by atoms with Crippen molar-refractivity contribution in [1.29, 1.82) is 0 Å². The molecule has 0 aromatic heterocycles. The van der Waals surface area contributed by atoms with Crippen molar-refractivity contribution in [3.05, 3.63) is 53.1 Å². The smallest absolute Gasteiger partial charge is 0.268 e. The number of carbonyl (C=O) groups excluding carboxylic acids is 1. The molecule has 2 aromatic rings. The quantitative estimate of drug-likeness (QED) is 0.686. The zero-order valence-corrected chi connectivity index (χ0v) is 19.2. The maximum Gasteiger partial charge on any atom is 0.268 e. The number of nitrogens with zero attached hydrogens (tertiary/aromatic N) is 2. The molecule has 0 saturated carbocycles. The fourth-order valence-corrected chi connectivity index (χ4v) is 5.36. The maximum atomic E-state index is 13.3. The minimum absolute atomic E-state index is 0.0813. The minimum atomic E-state index is -3.50. The van der Waals surface area contributed by atoms with Crippen molar-refractivity contribution in [2.45, 2.75) is 56.4 Å². The van der Waals surface area contributed by atoms with Crippen LogP contribution < -0.4 is 9.64 Å². The van der Waals surface area contributed by atoms with E-state index in [1.54, 1.807) is 23.1 Å². The van der Waals surface area contributed by atoms with Gasteiger partial charge in [0.1, 0.15) is 5.75 Å². The van der Waals surface area contributed by atoms with Crippen molar-refractivity contribution in [1.82, 2.24) is 4.31 Å². The highest BCUT2D eigenvalue weighted by molar-refractivity contribution is 7.89. The zero-order valence-electron chi connectivity index (χ0n) is 18.4. The summed E-state index contributed by atoms with van der Waals surface area (Å²) in [6, 6.07) is 11.2. The third-order valence-corrected chi connectivity index (χ3v) is 8.05. The number of hydrogen-bond donors (Lipinski definition) is 0. The number of ether oxygens (including phenoxy) is 1. The second kappa shape index (κ2) is 8.63. The topological polar surface area (TPSA) is 66.9 Å². The Morgan fingerprint density at radius 2 is 1.77 bits per heavy atom. The zero-order chi connectivity index (χ0) is 22.2. The fourth-order valence-electron chi connectivity index (χ4n) is 4.41. The Morgan fingerprint density at radius 3 is 2.48 bits per heavy atom. The molecule has 0 saturated heterocycles. The molecule has 1 heterocycles. The first kappa shape index (κ1) is 21.8. The largest absolute Gasteiger partial charge is 0.481 e. The van der Waals surface area contributed by atoms with Crippen LogP contribution in [-0.2, 0) is 34.1 Å². The van der Waals surface area contributed by atoms with Crippen LogP contribution in [0.1, 0.15) is 42.9 Å². The Hall–Kier alpha value is -2.38. The number of anilines is 1. The van der Waals surface area contributed by atoms with Gasteiger partial charge in [0.25, 0.3) is 5.91 Å². The second-order valence-corrected chi connectivity index (χ2v) is 10.6. The molecule has 0 spiro atoms. The van der Waals surface area contributed by atoms with E-state index < -0.39 is 16.1 Å². The van der Waals surface area contributed by atoms with Crippen LogP contribution in [0.25, 0.3) is 0 Å². The van der Waals surface area contributed by atoms with Crippen LogP contribution >= 0.6 is 0 Å². The summed E-state index contributed by atoms with van der Waals surface area (Å²) in [4.78, 5) is 15.3. The summed E-state index contributed by atoms with van der Waals surface area (Å²) in [5.74, 6) is 0.662. The van der Waals surface area contributed by atoms with Crippen LogP contribution in [0.2, 0.25) is 0 Å². The lowest BCUT2D eigenvalue weighted by atomic mass is 9.92. The second-order valence-electron chi connectivity index (χ2n) is 8.47. The van der Waals surface area contributed by atoms with Gasteiger partial charge in [-0.05, 0) is 85.5 Å². The van der Waals surface area contributed by atoms with E-state index in [-0.39, 0.29) is 10.8 Å². The molecular weight excluding hydrogens is 412 g/mol. The van der Waals surface area contributed by atoms with Gasteiger partial charge in [0.15, 0.2) is 6.10 Å². The molecule has 0 bridgehead atoms. The van der Waals surface area contributed by atoms with Crippen LogP contribution in [-0.4, -0.2) is 45.4 Å². The third kappa shape index (κ3) is 4.21. The number of rotatable bonds is 6. The normalized spacial score (nSPS) is 16.7. The fraction of sp³-hybridized carbons (Fsp3) is 0.458. The molecule has 6 nitrogen and oxygen atoms in total. The van der Waals surface area contributed by atoms with Gasteiger partial charge in [-0.2, -0.15) is 0 Å². The van der Waals surface area contributed by atoms with Crippen LogP contribution in [0, 0.1) is 0 Å². The number of hydrogen-bond acceptors (Lipinski definition) is 4. The lowest BCUT2D eigenvalue weighted by Crippen LogP contribution is -2.41. The molecule has 1 aliphatic heterocycles. The summed E-state index contributed by atoms with van der Waals surface area (Å²) >= 11 is 0. The summed E-state index contributed by atoms with van der Waals surface area (Å²) < 4.78 is 32.2. The van der Waals surface area contributed by atoms with Gasteiger partial charge in [-0.1, -0.05) is 13.0 Å². The monoisotopic (exact) mass is 442 g/mol. The highest BCUT2D eigenvalue weighted by Crippen LogP contribution is 2.32. The highest BCUT2D eigenvalue weighted by atomic mass is 32.2. The molecule has 7 heteroatoms. The van der Waals surface area contributed by atoms with Crippen LogP contribution in [0.3, 0.4) is 0 Å². The average Bonchev–Trinajstić information content (AvgIpc) is 3.20. The van der Waals surface area contributed by atoms with E-state index in [0.29, 0.717) is 19.4 Å². The Morgan fingerprint density at radius 1 is 1.03 bits per heavy atom. The lowest BCUT2D eigenvalue weighted by Gasteiger charge is -2.25. The third-order valence-electron chi connectivity index (χ3n) is 6.24. The number of amides is 1. The van der Waals surface area contributed by atoms with Crippen LogP contribution in [0.5, 0.6) is 5.75 Å². The summed E-state index contributed by atoms with van der Waals surface area (Å²) in [6.45, 7) is 2.48. The van der Waals surface area contributed by atoms with Gasteiger partial charge in [-0.15, -0.1) is 0 Å². The Bertz CT molecular complexity index is 1090. The number of sulfonamides is 1. The first-order valence-electron chi connectivity index (χ1n) is 11.0. The van der Waals surface area contributed by atoms with E-state index in [0.717, 1.165) is 29.8 Å². The molecule has 0 radical (unpaired) electrons. The van der Waals surface area contributed by atoms with E-state index in [4.69, 9.17) is 4.74 Å². The van der Waals surface area contributed by atoms with E-state index in [2.05, 4.69) is 12.1 Å². The minimum Gasteiger partial charge on any atom is -0.481 e. The number of fused-ring (bicyclic) bond motifs is 2. The molecular formula is C24H30N2O4S. The maximum absolute atomic E-state index is 13.3. The van der Waals surface area contributed by atoms with E-state index in [9.17, 15) is 13.2 Å². The summed E-state index contributed by atoms with van der Waals surface area (Å²) in [5.41, 5.74) is 4.36. The average molecular weight is 443 g/mol. The molecule has 1 atom stereocenters. The van der Waals surface area contributed by atoms with Gasteiger partial charge in [-0.3, -0.25) is 4.79 Å². The van der Waals surface area contributed by atoms with Gasteiger partial charge in [0.2, 0.25) is 10.0 Å². The number of aryl methyl sites for hydroxylation is 2. The molecule has 0 N–H and O–H groups in total. The van der Waals surface area contributed by atoms with Crippen molar-refractivity contribution < 1.29 is 17.9 Å². The van der Waals surface area contributed by atoms with Gasteiger partial charge in [0.05, 0.1) is 4.90 Å². The summed E-state index contributed by atoms with van der Waals surface area (Å²) in [6.07, 6.45) is 5.23. The molecule has 0 fully saturated rings. The first-order valence-corrected chi connectivity index (χ1v) is 12.4. The SMILES string of the molecule is CC[C@H](Oc1ccc2c(c1)CCCC2)C(=O)N1CCc2cc(S(=O)(=O)N(C)C)ccc21. The van der Waals surface area contributed by atoms with Gasteiger partial charge >= 0.3 is 0 Å². The number of benzene rings is 2. The van der Waals surface area contributed by atoms with Gasteiger partial charge in [-0.25, -0.2) is 12.7 Å². The standard InChI is InChI=1S/C24H30N2O4S/c1-4-23(30-20-10-9-17-7-5-6-8-18(17)15-20)24(27)26-14-13-19-16-21(11-12-22(19)26)31(28,29)25(2)3/h9-12,15-16,23H,4-8,13-14H2,1-3H3/t23-/m0/s1. The van der Waals surface area contributed by atoms with E-state index >= 15 is 0 Å². The molecule has 2 aliphatic rings. The lowest BCUT2D eigenvalue weighted by molar-refractivity contribution is -0.125. The van der Waals surface area contributed by atoms with E-state index in [1.807, 2.05) is 13.0 Å². The summed E-state index contributed by atoms with van der Waals surface area (Å²) in [5, 5.41) is 0. The molecule has 0 unspecified atom stereocenters. The van der Waals surface area contributed by atoms with Gasteiger partial charge < -0.3 is 9.64 Å². The predicted octanol–water partition coefficient (Wildman–Crippen LogP) is 3.56. The van der Waals surface area contributed by atoms with Crippen molar-refractivity contribution >= 4 is 21.6 Å². The first-order chi connectivity index (χ1) is 14.8. The predicted molar refractivity (Wildman–Crippen MR) is 121 cm³/mol. The molecule has 1 amide bonds. The summed E-state index contributed by atoms with van der Waals surface area (Å²) in [7, 11) is -0.468. The van der Waals surface area contributed by atoms with Crippen LogP contribution in [0.15, 0.2) is 41.3 Å². The highest BCUT2D eigenvalue weighted by Gasteiger charge is 2.32. The van der Waals surface area contributed by atoms with Crippen molar-refractivity contribution in [2.75, 3.05) is 25.5 Å². The van der Waals surface area contributed by atoms with Crippen molar-refractivity contribution in [2.24, 2.45) is 0 Å². The Balaban J connectivity index is 1.53. The van der Waals surface area contributed by atoms with Crippen molar-refractivity contribution in [3.63, 3.8) is 0 Å². The molecule has 4 rings (SSSR count). The van der Waals surface area contributed by atoms with Crippen molar-refractivity contribution in [3.8, 4) is 5.75 Å². The molecule has 31 heavy (non-hydrogen) atoms. The van der Waals surface area contributed by atoms with E-state index in [1.165, 1.54) is 42.4 Å². The Kier molecular flexibility index (Phi) is 6.08. The number of carbonyl (C=O) groups is 1. The van der Waals surface area contributed by atoms with Crippen LogP contribution in [0.4, 0.5) is 5.69 Å². The van der Waals surface area contributed by atoms with Gasteiger partial charge in [0, 0.05) is 26.3 Å². The molecule has 1 aliphatic carbocycles. The Labute approximate surface area is 184 Å².